The minimum atomic E-state index is -0.639. The maximum absolute atomic E-state index is 13.8. The summed E-state index contributed by atoms with van der Waals surface area (Å²) in [5, 5.41) is 7.58. The van der Waals surface area contributed by atoms with Crippen molar-refractivity contribution in [2.75, 3.05) is 17.7 Å². The average Bonchev–Trinajstić information content (AvgIpc) is 3.06. The number of carbonyl (C=O) groups excluding carboxylic acids is 2. The van der Waals surface area contributed by atoms with Gasteiger partial charge in [-0.25, -0.2) is 9.37 Å². The molecule has 0 spiro atoms. The molecule has 0 aliphatic carbocycles. The van der Waals surface area contributed by atoms with Crippen molar-refractivity contribution in [3.05, 3.63) is 70.5 Å². The lowest BCUT2D eigenvalue weighted by Crippen LogP contribution is -2.16. The smallest absolute Gasteiger partial charge is 0.258 e. The summed E-state index contributed by atoms with van der Waals surface area (Å²) in [5.74, 6) is -1.31. The first-order chi connectivity index (χ1) is 13.0. The van der Waals surface area contributed by atoms with Crippen LogP contribution in [0.3, 0.4) is 0 Å². The van der Waals surface area contributed by atoms with Crippen LogP contribution in [0.15, 0.2) is 47.8 Å². The molecule has 3 rings (SSSR count). The van der Waals surface area contributed by atoms with E-state index in [1.54, 1.807) is 18.2 Å². The number of carbonyl (C=O) groups is 2. The molecule has 3 aromatic rings. The van der Waals surface area contributed by atoms with Gasteiger partial charge in [-0.15, -0.1) is 11.3 Å². The highest BCUT2D eigenvalue weighted by atomic mass is 32.1. The maximum atomic E-state index is 13.8. The van der Waals surface area contributed by atoms with Crippen LogP contribution in [0.5, 0.6) is 5.75 Å². The van der Waals surface area contributed by atoms with Crippen molar-refractivity contribution >= 4 is 34.0 Å². The lowest BCUT2D eigenvalue weighted by Gasteiger charge is -2.12. The summed E-state index contributed by atoms with van der Waals surface area (Å²) >= 11 is 1.31. The van der Waals surface area contributed by atoms with Crippen molar-refractivity contribution in [3.63, 3.8) is 0 Å². The van der Waals surface area contributed by atoms with Crippen molar-refractivity contribution in [1.82, 2.24) is 4.98 Å². The zero-order chi connectivity index (χ0) is 19.4. The van der Waals surface area contributed by atoms with Crippen molar-refractivity contribution in [2.45, 2.75) is 6.92 Å². The van der Waals surface area contributed by atoms with Gasteiger partial charge >= 0.3 is 0 Å². The number of anilines is 2. The van der Waals surface area contributed by atoms with Gasteiger partial charge in [-0.2, -0.15) is 0 Å². The SMILES string of the molecule is COc1ccc(C(=O)Nc2nc(C)cs2)cc1NC(=O)c1ccccc1F. The molecule has 0 radical (unpaired) electrons. The molecule has 0 fully saturated rings. The fourth-order valence-corrected chi connectivity index (χ4v) is 3.05. The standard InChI is InChI=1S/C19H16FN3O3S/c1-11-10-27-19(21-11)23-17(24)12-7-8-16(26-2)15(9-12)22-18(25)13-5-3-4-6-14(13)20/h3-10H,1-2H3,(H,22,25)(H,21,23,24). The molecule has 1 heterocycles. The average molecular weight is 385 g/mol. The minimum absolute atomic E-state index is 0.104. The van der Waals surface area contributed by atoms with Crippen molar-refractivity contribution in [2.24, 2.45) is 0 Å². The van der Waals surface area contributed by atoms with Gasteiger partial charge in [0.1, 0.15) is 11.6 Å². The molecule has 2 amide bonds. The largest absolute Gasteiger partial charge is 0.495 e. The van der Waals surface area contributed by atoms with E-state index in [1.165, 1.54) is 42.7 Å². The van der Waals surface area contributed by atoms with E-state index in [1.807, 2.05) is 12.3 Å². The maximum Gasteiger partial charge on any atom is 0.258 e. The lowest BCUT2D eigenvalue weighted by molar-refractivity contribution is 0.101. The number of hydrogen-bond acceptors (Lipinski definition) is 5. The van der Waals surface area contributed by atoms with Crippen LogP contribution >= 0.6 is 11.3 Å². The van der Waals surface area contributed by atoms with Gasteiger partial charge in [-0.05, 0) is 37.3 Å². The van der Waals surface area contributed by atoms with Gasteiger partial charge in [0.05, 0.1) is 24.1 Å². The molecular weight excluding hydrogens is 369 g/mol. The third-order valence-corrected chi connectivity index (χ3v) is 4.54. The van der Waals surface area contributed by atoms with Gasteiger partial charge in [-0.3, -0.25) is 14.9 Å². The second-order valence-corrected chi connectivity index (χ2v) is 6.46. The Labute approximate surface area is 159 Å². The van der Waals surface area contributed by atoms with E-state index in [2.05, 4.69) is 15.6 Å². The van der Waals surface area contributed by atoms with Crippen LogP contribution in [0.25, 0.3) is 0 Å². The molecule has 8 heteroatoms. The molecule has 1 aromatic heterocycles. The number of nitrogens with one attached hydrogen (secondary N) is 2. The number of methoxy groups -OCH3 is 1. The number of benzene rings is 2. The van der Waals surface area contributed by atoms with Gasteiger partial charge < -0.3 is 10.1 Å². The first-order valence-corrected chi connectivity index (χ1v) is 8.83. The number of amides is 2. The quantitative estimate of drug-likeness (QED) is 0.693. The summed E-state index contributed by atoms with van der Waals surface area (Å²) in [4.78, 5) is 29.0. The Balaban J connectivity index is 1.84. The Morgan fingerprint density at radius 2 is 1.89 bits per heavy atom. The van der Waals surface area contributed by atoms with Crippen LogP contribution < -0.4 is 15.4 Å². The molecule has 0 saturated heterocycles. The Morgan fingerprint density at radius 3 is 2.56 bits per heavy atom. The van der Waals surface area contributed by atoms with Gasteiger partial charge in [0, 0.05) is 10.9 Å². The zero-order valence-electron chi connectivity index (χ0n) is 14.6. The number of ether oxygens (including phenoxy) is 1. The van der Waals surface area contributed by atoms with Crippen LogP contribution in [0.4, 0.5) is 15.2 Å². The predicted octanol–water partition coefficient (Wildman–Crippen LogP) is 4.10. The van der Waals surface area contributed by atoms with E-state index < -0.39 is 11.7 Å². The van der Waals surface area contributed by atoms with Gasteiger partial charge in [-0.1, -0.05) is 12.1 Å². The predicted molar refractivity (Wildman–Crippen MR) is 102 cm³/mol. The second-order valence-electron chi connectivity index (χ2n) is 5.60. The molecule has 2 N–H and O–H groups in total. The highest BCUT2D eigenvalue weighted by Crippen LogP contribution is 2.27. The Hall–Kier alpha value is -3.26. The zero-order valence-corrected chi connectivity index (χ0v) is 15.4. The lowest BCUT2D eigenvalue weighted by atomic mass is 10.1. The number of thiazole rings is 1. The first kappa shape index (κ1) is 18.5. The Morgan fingerprint density at radius 1 is 1.11 bits per heavy atom. The molecule has 0 saturated carbocycles. The van der Waals surface area contributed by atoms with Crippen LogP contribution in [0, 0.1) is 12.7 Å². The number of nitrogens with zero attached hydrogens (tertiary/aromatic N) is 1. The molecule has 138 valence electrons. The molecule has 2 aromatic carbocycles. The van der Waals surface area contributed by atoms with Crippen molar-refractivity contribution in [3.8, 4) is 5.75 Å². The summed E-state index contributed by atoms with van der Waals surface area (Å²) in [6.07, 6.45) is 0. The van der Waals surface area contributed by atoms with Crippen LogP contribution in [-0.4, -0.2) is 23.9 Å². The molecular formula is C19H16FN3O3S. The fraction of sp³-hybridized carbons (Fsp3) is 0.105. The van der Waals surface area contributed by atoms with E-state index in [9.17, 15) is 14.0 Å². The summed E-state index contributed by atoms with van der Waals surface area (Å²) in [7, 11) is 1.44. The van der Waals surface area contributed by atoms with Crippen LogP contribution in [-0.2, 0) is 0 Å². The second kappa shape index (κ2) is 7.96. The molecule has 0 aliphatic rings. The van der Waals surface area contributed by atoms with Gasteiger partial charge in [0.25, 0.3) is 11.8 Å². The van der Waals surface area contributed by atoms with Crippen LogP contribution in [0.1, 0.15) is 26.4 Å². The third-order valence-electron chi connectivity index (χ3n) is 3.67. The number of aromatic nitrogens is 1. The molecule has 0 aliphatic heterocycles. The van der Waals surface area contributed by atoms with Gasteiger partial charge in [0.15, 0.2) is 5.13 Å². The first-order valence-electron chi connectivity index (χ1n) is 7.95. The van der Waals surface area contributed by atoms with E-state index in [0.717, 1.165) is 5.69 Å². The molecule has 0 atom stereocenters. The molecule has 0 bridgehead atoms. The summed E-state index contributed by atoms with van der Waals surface area (Å²) < 4.78 is 19.0. The number of halogens is 1. The van der Waals surface area contributed by atoms with Crippen molar-refractivity contribution < 1.29 is 18.7 Å². The highest BCUT2D eigenvalue weighted by molar-refractivity contribution is 7.13. The number of hydrogen-bond donors (Lipinski definition) is 2. The number of rotatable bonds is 5. The van der Waals surface area contributed by atoms with E-state index in [4.69, 9.17) is 4.74 Å². The summed E-state index contributed by atoms with van der Waals surface area (Å²) in [5.41, 5.74) is 1.26. The number of aryl methyl sites for hydroxylation is 1. The fourth-order valence-electron chi connectivity index (χ4n) is 2.36. The Kier molecular flexibility index (Phi) is 5.46. The normalized spacial score (nSPS) is 10.3. The van der Waals surface area contributed by atoms with E-state index >= 15 is 0 Å². The summed E-state index contributed by atoms with van der Waals surface area (Å²) in [6.45, 7) is 1.83. The third kappa shape index (κ3) is 4.29. The van der Waals surface area contributed by atoms with Gasteiger partial charge in [0.2, 0.25) is 0 Å². The topological polar surface area (TPSA) is 80.3 Å². The van der Waals surface area contributed by atoms with Crippen LogP contribution in [0.2, 0.25) is 0 Å². The van der Waals surface area contributed by atoms with E-state index in [0.29, 0.717) is 16.4 Å². The molecule has 0 unspecified atom stereocenters. The minimum Gasteiger partial charge on any atom is -0.495 e. The molecule has 27 heavy (non-hydrogen) atoms. The van der Waals surface area contributed by atoms with Crippen molar-refractivity contribution in [1.29, 1.82) is 0 Å². The monoisotopic (exact) mass is 385 g/mol. The Bertz CT molecular complexity index is 1000. The van der Waals surface area contributed by atoms with E-state index in [-0.39, 0.29) is 17.2 Å². The molecule has 6 nitrogen and oxygen atoms in total. The highest BCUT2D eigenvalue weighted by Gasteiger charge is 2.16. The summed E-state index contributed by atoms with van der Waals surface area (Å²) in [6, 6.07) is 10.2.